The van der Waals surface area contributed by atoms with Crippen LogP contribution in [-0.2, 0) is 22.6 Å². The van der Waals surface area contributed by atoms with Crippen molar-refractivity contribution in [2.75, 3.05) is 13.1 Å². The first-order valence-electron chi connectivity index (χ1n) is 7.48. The van der Waals surface area contributed by atoms with Gasteiger partial charge in [-0.15, -0.1) is 5.10 Å². The predicted molar refractivity (Wildman–Crippen MR) is 76.8 cm³/mol. The van der Waals surface area contributed by atoms with Gasteiger partial charge < -0.3 is 9.64 Å². The molecule has 0 unspecified atom stereocenters. The molecule has 1 saturated heterocycles. The number of hydrogen-bond donors (Lipinski definition) is 0. The Bertz CT molecular complexity index is 672. The number of carbonyl (C=O) groups excluding carboxylic acids is 1. The van der Waals surface area contributed by atoms with Crippen molar-refractivity contribution >= 4 is 5.91 Å². The van der Waals surface area contributed by atoms with Crippen molar-refractivity contribution in [1.29, 1.82) is 0 Å². The molecule has 4 rings (SSSR count). The van der Waals surface area contributed by atoms with Crippen LogP contribution in [-0.4, -0.2) is 50.0 Å². The van der Waals surface area contributed by atoms with Crippen molar-refractivity contribution in [1.82, 2.24) is 24.9 Å². The third-order valence-corrected chi connectivity index (χ3v) is 4.36. The molecule has 2 aromatic rings. The van der Waals surface area contributed by atoms with Crippen LogP contribution in [0.25, 0.3) is 0 Å². The van der Waals surface area contributed by atoms with Gasteiger partial charge in [-0.25, -0.2) is 4.68 Å². The molecule has 4 heterocycles. The summed E-state index contributed by atoms with van der Waals surface area (Å²) >= 11 is 0. The van der Waals surface area contributed by atoms with Gasteiger partial charge in [0.25, 0.3) is 0 Å². The van der Waals surface area contributed by atoms with E-state index in [2.05, 4.69) is 15.3 Å². The molecule has 2 aromatic heterocycles. The van der Waals surface area contributed by atoms with Crippen LogP contribution in [0.15, 0.2) is 30.7 Å². The average Bonchev–Trinajstić information content (AvgIpc) is 3.04. The van der Waals surface area contributed by atoms with Gasteiger partial charge in [0.15, 0.2) is 0 Å². The van der Waals surface area contributed by atoms with Crippen molar-refractivity contribution in [2.24, 2.45) is 0 Å². The molecule has 7 nitrogen and oxygen atoms in total. The van der Waals surface area contributed by atoms with E-state index in [1.807, 2.05) is 21.7 Å². The number of nitrogens with zero attached hydrogens (tertiary/aromatic N) is 5. The van der Waals surface area contributed by atoms with Crippen molar-refractivity contribution < 1.29 is 9.53 Å². The number of rotatable bonds is 2. The SMILES string of the molecule is O=C(Cc1cccnc1)N1CC[C@H]2OCc3cnnn3[C@H]2C1. The van der Waals surface area contributed by atoms with Crippen LogP contribution in [0.2, 0.25) is 0 Å². The Kier molecular flexibility index (Phi) is 3.34. The molecule has 0 saturated carbocycles. The van der Waals surface area contributed by atoms with Gasteiger partial charge in [-0.1, -0.05) is 11.3 Å². The highest BCUT2D eigenvalue weighted by molar-refractivity contribution is 5.78. The van der Waals surface area contributed by atoms with Crippen molar-refractivity contribution in [3.63, 3.8) is 0 Å². The molecular formula is C15H17N5O2. The maximum atomic E-state index is 12.5. The van der Waals surface area contributed by atoms with Gasteiger partial charge in [-0.2, -0.15) is 0 Å². The van der Waals surface area contributed by atoms with Crippen molar-refractivity contribution in [2.45, 2.75) is 31.6 Å². The Morgan fingerprint density at radius 3 is 3.23 bits per heavy atom. The summed E-state index contributed by atoms with van der Waals surface area (Å²) in [7, 11) is 0. The van der Waals surface area contributed by atoms with Gasteiger partial charge >= 0.3 is 0 Å². The number of ether oxygens (including phenoxy) is 1. The number of likely N-dealkylation sites (tertiary alicyclic amines) is 1. The Morgan fingerprint density at radius 2 is 2.36 bits per heavy atom. The highest BCUT2D eigenvalue weighted by atomic mass is 16.5. The molecule has 1 amide bonds. The summed E-state index contributed by atoms with van der Waals surface area (Å²) in [5.41, 5.74) is 1.92. The molecule has 0 bridgehead atoms. The second-order valence-corrected chi connectivity index (χ2v) is 5.75. The number of fused-ring (bicyclic) bond motifs is 3. The largest absolute Gasteiger partial charge is 0.370 e. The molecule has 0 radical (unpaired) electrons. The van der Waals surface area contributed by atoms with E-state index in [4.69, 9.17) is 4.74 Å². The lowest BCUT2D eigenvalue weighted by Crippen LogP contribution is -2.50. The van der Waals surface area contributed by atoms with Crippen LogP contribution >= 0.6 is 0 Å². The van der Waals surface area contributed by atoms with E-state index >= 15 is 0 Å². The molecule has 22 heavy (non-hydrogen) atoms. The molecule has 2 aliphatic heterocycles. The fraction of sp³-hybridized carbons (Fsp3) is 0.467. The molecule has 1 fully saturated rings. The maximum absolute atomic E-state index is 12.5. The first-order chi connectivity index (χ1) is 10.8. The molecule has 0 spiro atoms. The Labute approximate surface area is 127 Å². The summed E-state index contributed by atoms with van der Waals surface area (Å²) in [4.78, 5) is 18.5. The molecule has 0 aliphatic carbocycles. The lowest BCUT2D eigenvalue weighted by molar-refractivity contribution is -0.137. The first-order valence-corrected chi connectivity index (χ1v) is 7.48. The second-order valence-electron chi connectivity index (χ2n) is 5.75. The summed E-state index contributed by atoms with van der Waals surface area (Å²) in [5, 5.41) is 8.11. The van der Waals surface area contributed by atoms with E-state index in [1.54, 1.807) is 18.6 Å². The zero-order valence-corrected chi connectivity index (χ0v) is 12.1. The van der Waals surface area contributed by atoms with E-state index in [9.17, 15) is 4.79 Å². The molecule has 114 valence electrons. The van der Waals surface area contributed by atoms with Crippen molar-refractivity contribution in [3.05, 3.63) is 42.0 Å². The smallest absolute Gasteiger partial charge is 0.227 e. The predicted octanol–water partition coefficient (Wildman–Crippen LogP) is 0.588. The van der Waals surface area contributed by atoms with Gasteiger partial charge in [-0.05, 0) is 18.1 Å². The number of piperidine rings is 1. The van der Waals surface area contributed by atoms with E-state index in [0.29, 0.717) is 19.6 Å². The number of carbonyl (C=O) groups is 1. The van der Waals surface area contributed by atoms with Gasteiger partial charge in [0, 0.05) is 25.5 Å². The van der Waals surface area contributed by atoms with Gasteiger partial charge in [0.05, 0.1) is 37.1 Å². The zero-order valence-electron chi connectivity index (χ0n) is 12.1. The monoisotopic (exact) mass is 299 g/mol. The lowest BCUT2D eigenvalue weighted by atomic mass is 9.99. The highest BCUT2D eigenvalue weighted by Gasteiger charge is 2.37. The fourth-order valence-electron chi connectivity index (χ4n) is 3.19. The second kappa shape index (κ2) is 5.49. The Morgan fingerprint density at radius 1 is 1.41 bits per heavy atom. The molecule has 2 aliphatic rings. The van der Waals surface area contributed by atoms with E-state index < -0.39 is 0 Å². The van der Waals surface area contributed by atoms with Crippen LogP contribution in [0, 0.1) is 0 Å². The minimum Gasteiger partial charge on any atom is -0.370 e. The van der Waals surface area contributed by atoms with Crippen LogP contribution in [0.3, 0.4) is 0 Å². The summed E-state index contributed by atoms with van der Waals surface area (Å²) in [6.07, 6.45) is 6.53. The summed E-state index contributed by atoms with van der Waals surface area (Å²) in [6.45, 7) is 1.90. The summed E-state index contributed by atoms with van der Waals surface area (Å²) in [6, 6.07) is 3.85. The fourth-order valence-corrected chi connectivity index (χ4v) is 3.19. The maximum Gasteiger partial charge on any atom is 0.227 e. The third-order valence-electron chi connectivity index (χ3n) is 4.36. The summed E-state index contributed by atoms with van der Waals surface area (Å²) < 4.78 is 7.78. The van der Waals surface area contributed by atoms with Crippen LogP contribution < -0.4 is 0 Å². The van der Waals surface area contributed by atoms with E-state index in [1.165, 1.54) is 0 Å². The first kappa shape index (κ1) is 13.4. The number of amides is 1. The molecule has 0 N–H and O–H groups in total. The van der Waals surface area contributed by atoms with Gasteiger partial charge in [0.1, 0.15) is 0 Å². The minimum atomic E-state index is 0.0675. The standard InChI is InChI=1S/C15H17N5O2/c21-15(6-11-2-1-4-16-7-11)19-5-3-14-13(9-19)20-12(10-22-14)8-17-18-20/h1-2,4,7-8,13-14H,3,5-6,9-10H2/t13-,14+/m0/s1. The number of aromatic nitrogens is 4. The topological polar surface area (TPSA) is 73.1 Å². The van der Waals surface area contributed by atoms with Crippen molar-refractivity contribution in [3.8, 4) is 0 Å². The van der Waals surface area contributed by atoms with E-state index in [-0.39, 0.29) is 18.1 Å². The van der Waals surface area contributed by atoms with Gasteiger partial charge in [-0.3, -0.25) is 9.78 Å². The lowest BCUT2D eigenvalue weighted by Gasteiger charge is -2.41. The normalized spacial score (nSPS) is 23.7. The third kappa shape index (κ3) is 2.37. The Hall–Kier alpha value is -2.28. The van der Waals surface area contributed by atoms with E-state index in [0.717, 1.165) is 24.2 Å². The van der Waals surface area contributed by atoms with Crippen LogP contribution in [0.1, 0.15) is 23.7 Å². The van der Waals surface area contributed by atoms with Crippen LogP contribution in [0.4, 0.5) is 0 Å². The van der Waals surface area contributed by atoms with Gasteiger partial charge in [0.2, 0.25) is 5.91 Å². The van der Waals surface area contributed by atoms with Crippen LogP contribution in [0.5, 0.6) is 0 Å². The molecule has 0 aromatic carbocycles. The summed E-state index contributed by atoms with van der Waals surface area (Å²) in [5.74, 6) is 0.124. The number of hydrogen-bond acceptors (Lipinski definition) is 5. The quantitative estimate of drug-likeness (QED) is 0.811. The number of pyridine rings is 1. The minimum absolute atomic E-state index is 0.0675. The highest BCUT2D eigenvalue weighted by Crippen LogP contribution is 2.30. The molecule has 7 heteroatoms. The Balaban J connectivity index is 1.48. The molecular weight excluding hydrogens is 282 g/mol. The molecule has 2 atom stereocenters. The average molecular weight is 299 g/mol. The zero-order chi connectivity index (χ0) is 14.9.